The number of hydrogen-bond acceptors (Lipinski definition) is 4. The fourth-order valence-electron chi connectivity index (χ4n) is 1.91. The molecule has 19 heavy (non-hydrogen) atoms. The summed E-state index contributed by atoms with van der Waals surface area (Å²) in [4.78, 5) is 0. The van der Waals surface area contributed by atoms with Crippen molar-refractivity contribution in [3.05, 3.63) is 42.0 Å². The fraction of sp³-hybridized carbons (Fsp3) is 0.333. The van der Waals surface area contributed by atoms with E-state index >= 15 is 0 Å². The first-order valence-corrected chi connectivity index (χ1v) is 6.70. The zero-order chi connectivity index (χ0) is 13.5. The van der Waals surface area contributed by atoms with E-state index in [4.69, 9.17) is 5.73 Å². The van der Waals surface area contributed by atoms with Crippen molar-refractivity contribution in [1.82, 2.24) is 10.2 Å². The number of hydrogen-bond donors (Lipinski definition) is 2. The molecule has 0 saturated heterocycles. The van der Waals surface area contributed by atoms with Crippen LogP contribution in [0.15, 0.2) is 36.4 Å². The van der Waals surface area contributed by atoms with E-state index in [1.165, 1.54) is 12.0 Å². The third-order valence-electron chi connectivity index (χ3n) is 2.90. The summed E-state index contributed by atoms with van der Waals surface area (Å²) in [5.41, 5.74) is 8.77. The number of aryl methyl sites for hydroxylation is 1. The van der Waals surface area contributed by atoms with Crippen LogP contribution in [-0.4, -0.2) is 23.3 Å². The summed E-state index contributed by atoms with van der Waals surface area (Å²) in [6.45, 7) is 3.48. The molecule has 0 bridgehead atoms. The third kappa shape index (κ3) is 3.76. The van der Waals surface area contributed by atoms with Crippen LogP contribution in [0.2, 0.25) is 0 Å². The van der Waals surface area contributed by atoms with Crippen LogP contribution < -0.4 is 11.1 Å². The zero-order valence-electron chi connectivity index (χ0n) is 11.3. The van der Waals surface area contributed by atoms with Gasteiger partial charge in [0.15, 0.2) is 0 Å². The van der Waals surface area contributed by atoms with Gasteiger partial charge in [-0.1, -0.05) is 37.6 Å². The molecule has 4 nitrogen and oxygen atoms in total. The average Bonchev–Trinajstić information content (AvgIpc) is 2.47. The van der Waals surface area contributed by atoms with Crippen molar-refractivity contribution < 1.29 is 0 Å². The Morgan fingerprint density at radius 2 is 1.84 bits per heavy atom. The highest BCUT2D eigenvalue weighted by Crippen LogP contribution is 2.18. The maximum Gasteiger partial charge on any atom is 0.148 e. The minimum absolute atomic E-state index is 0.586. The van der Waals surface area contributed by atoms with E-state index in [1.807, 2.05) is 12.1 Å². The number of anilines is 1. The van der Waals surface area contributed by atoms with Gasteiger partial charge in [0.2, 0.25) is 0 Å². The lowest BCUT2D eigenvalue weighted by Gasteiger charge is -2.05. The first-order valence-electron chi connectivity index (χ1n) is 6.70. The minimum atomic E-state index is 0.586. The summed E-state index contributed by atoms with van der Waals surface area (Å²) in [5, 5.41) is 11.5. The van der Waals surface area contributed by atoms with Crippen molar-refractivity contribution >= 4 is 5.82 Å². The maximum atomic E-state index is 5.43. The number of nitrogens with one attached hydrogen (secondary N) is 1. The summed E-state index contributed by atoms with van der Waals surface area (Å²) >= 11 is 0. The van der Waals surface area contributed by atoms with Gasteiger partial charge in [0.1, 0.15) is 5.82 Å². The highest BCUT2D eigenvalue weighted by Gasteiger charge is 2.01. The standard InChI is InChI=1S/C15H20N4/c1-2-3-12-4-6-13(7-5-12)14-8-9-15(19-18-14)17-11-10-16/h4-9H,2-3,10-11,16H2,1H3,(H,17,19). The maximum absolute atomic E-state index is 5.43. The van der Waals surface area contributed by atoms with Crippen LogP contribution in [-0.2, 0) is 6.42 Å². The van der Waals surface area contributed by atoms with E-state index in [2.05, 4.69) is 46.7 Å². The van der Waals surface area contributed by atoms with Crippen LogP contribution in [0.4, 0.5) is 5.82 Å². The second-order valence-electron chi connectivity index (χ2n) is 4.47. The van der Waals surface area contributed by atoms with Crippen LogP contribution >= 0.6 is 0 Å². The van der Waals surface area contributed by atoms with Crippen molar-refractivity contribution in [2.24, 2.45) is 5.73 Å². The molecule has 0 aliphatic carbocycles. The molecule has 0 aliphatic heterocycles. The lowest BCUT2D eigenvalue weighted by atomic mass is 10.1. The molecule has 0 saturated carbocycles. The molecule has 2 rings (SSSR count). The van der Waals surface area contributed by atoms with Crippen LogP contribution in [0.5, 0.6) is 0 Å². The molecule has 0 spiro atoms. The van der Waals surface area contributed by atoms with Crippen molar-refractivity contribution in [2.75, 3.05) is 18.4 Å². The van der Waals surface area contributed by atoms with Crippen molar-refractivity contribution in [2.45, 2.75) is 19.8 Å². The lowest BCUT2D eigenvalue weighted by Crippen LogP contribution is -2.14. The van der Waals surface area contributed by atoms with Crippen LogP contribution in [0, 0.1) is 0 Å². The number of nitrogens with zero attached hydrogens (tertiary/aromatic N) is 2. The van der Waals surface area contributed by atoms with Gasteiger partial charge >= 0.3 is 0 Å². The zero-order valence-corrected chi connectivity index (χ0v) is 11.3. The number of rotatable bonds is 6. The highest BCUT2D eigenvalue weighted by atomic mass is 15.2. The smallest absolute Gasteiger partial charge is 0.148 e. The lowest BCUT2D eigenvalue weighted by molar-refractivity contribution is 0.922. The second kappa shape index (κ2) is 6.85. The molecule has 1 heterocycles. The van der Waals surface area contributed by atoms with Crippen LogP contribution in [0.25, 0.3) is 11.3 Å². The van der Waals surface area contributed by atoms with Gasteiger partial charge in [-0.2, -0.15) is 0 Å². The highest BCUT2D eigenvalue weighted by molar-refractivity contribution is 5.59. The SMILES string of the molecule is CCCc1ccc(-c2ccc(NCCN)nn2)cc1. The molecular weight excluding hydrogens is 236 g/mol. The monoisotopic (exact) mass is 256 g/mol. The summed E-state index contributed by atoms with van der Waals surface area (Å²) < 4.78 is 0. The fourth-order valence-corrected chi connectivity index (χ4v) is 1.91. The number of benzene rings is 1. The first-order chi connectivity index (χ1) is 9.33. The van der Waals surface area contributed by atoms with Crippen LogP contribution in [0.3, 0.4) is 0 Å². The molecule has 3 N–H and O–H groups in total. The summed E-state index contributed by atoms with van der Waals surface area (Å²) in [6.07, 6.45) is 2.29. The van der Waals surface area contributed by atoms with Gasteiger partial charge in [-0.15, -0.1) is 10.2 Å². The topological polar surface area (TPSA) is 63.8 Å². The molecule has 1 aromatic heterocycles. The molecule has 0 unspecified atom stereocenters. The van der Waals surface area contributed by atoms with Gasteiger partial charge in [-0.3, -0.25) is 0 Å². The molecule has 100 valence electrons. The molecule has 0 fully saturated rings. The molecule has 0 radical (unpaired) electrons. The number of nitrogens with two attached hydrogens (primary N) is 1. The Balaban J connectivity index is 2.08. The minimum Gasteiger partial charge on any atom is -0.367 e. The van der Waals surface area contributed by atoms with Gasteiger partial charge < -0.3 is 11.1 Å². The van der Waals surface area contributed by atoms with E-state index in [0.717, 1.165) is 23.5 Å². The Labute approximate surface area is 114 Å². The van der Waals surface area contributed by atoms with Gasteiger partial charge in [0.05, 0.1) is 5.69 Å². The summed E-state index contributed by atoms with van der Waals surface area (Å²) in [5.74, 6) is 0.761. The van der Waals surface area contributed by atoms with Crippen molar-refractivity contribution in [3.63, 3.8) is 0 Å². The van der Waals surface area contributed by atoms with Crippen LogP contribution in [0.1, 0.15) is 18.9 Å². The van der Waals surface area contributed by atoms with Crippen molar-refractivity contribution in [1.29, 1.82) is 0 Å². The van der Waals surface area contributed by atoms with Gasteiger partial charge in [-0.25, -0.2) is 0 Å². The molecule has 0 aliphatic rings. The second-order valence-corrected chi connectivity index (χ2v) is 4.47. The normalized spacial score (nSPS) is 10.4. The Morgan fingerprint density at radius 1 is 1.05 bits per heavy atom. The molecule has 1 aromatic carbocycles. The van der Waals surface area contributed by atoms with Gasteiger partial charge in [0.25, 0.3) is 0 Å². The van der Waals surface area contributed by atoms with E-state index in [1.54, 1.807) is 0 Å². The molecule has 4 heteroatoms. The number of aromatic nitrogens is 2. The third-order valence-corrected chi connectivity index (χ3v) is 2.90. The quantitative estimate of drug-likeness (QED) is 0.833. The summed E-state index contributed by atoms with van der Waals surface area (Å²) in [6, 6.07) is 12.4. The van der Waals surface area contributed by atoms with Gasteiger partial charge in [-0.05, 0) is 24.1 Å². The summed E-state index contributed by atoms with van der Waals surface area (Å²) in [7, 11) is 0. The Hall–Kier alpha value is -1.94. The largest absolute Gasteiger partial charge is 0.367 e. The molecule has 2 aromatic rings. The Bertz CT molecular complexity index is 491. The molecular formula is C15H20N4. The predicted molar refractivity (Wildman–Crippen MR) is 79.0 cm³/mol. The Kier molecular flexibility index (Phi) is 4.86. The van der Waals surface area contributed by atoms with E-state index in [-0.39, 0.29) is 0 Å². The molecule has 0 atom stereocenters. The average molecular weight is 256 g/mol. The first kappa shape index (κ1) is 13.5. The van der Waals surface area contributed by atoms with Crippen molar-refractivity contribution in [3.8, 4) is 11.3 Å². The Morgan fingerprint density at radius 3 is 2.42 bits per heavy atom. The van der Waals surface area contributed by atoms with Gasteiger partial charge in [0, 0.05) is 18.7 Å². The van der Waals surface area contributed by atoms with E-state index in [9.17, 15) is 0 Å². The molecule has 0 amide bonds. The van der Waals surface area contributed by atoms with E-state index in [0.29, 0.717) is 13.1 Å². The van der Waals surface area contributed by atoms with E-state index < -0.39 is 0 Å². The predicted octanol–water partition coefficient (Wildman–Crippen LogP) is 2.47.